The predicted octanol–water partition coefficient (Wildman–Crippen LogP) is 3.99. The third-order valence-corrected chi connectivity index (χ3v) is 9.15. The number of aliphatic hydroxyl groups is 2. The molecule has 3 fully saturated rings. The zero-order valence-corrected chi connectivity index (χ0v) is 18.9. The molecule has 5 heteroatoms. The summed E-state index contributed by atoms with van der Waals surface area (Å²) in [6.07, 6.45) is 5.57. The topological polar surface area (TPSA) is 68.2 Å². The third kappa shape index (κ3) is 2.12. The van der Waals surface area contributed by atoms with Crippen molar-refractivity contribution in [3.63, 3.8) is 0 Å². The number of aliphatic hydroxyl groups excluding tert-OH is 2. The van der Waals surface area contributed by atoms with Gasteiger partial charge in [0.05, 0.1) is 19.3 Å². The summed E-state index contributed by atoms with van der Waals surface area (Å²) < 4.78 is 19.2. The first-order valence-electron chi connectivity index (χ1n) is 11.2. The van der Waals surface area contributed by atoms with Crippen LogP contribution in [0.2, 0.25) is 0 Å². The van der Waals surface area contributed by atoms with Gasteiger partial charge in [0, 0.05) is 22.8 Å². The van der Waals surface area contributed by atoms with Crippen molar-refractivity contribution < 1.29 is 24.4 Å². The molecule has 2 aliphatic carbocycles. The molecule has 0 aromatic heterocycles. The van der Waals surface area contributed by atoms with E-state index in [4.69, 9.17) is 14.2 Å². The Morgan fingerprint density at radius 2 is 1.87 bits per heavy atom. The van der Waals surface area contributed by atoms with Gasteiger partial charge in [-0.05, 0) is 49.8 Å². The van der Waals surface area contributed by atoms with Crippen molar-refractivity contribution in [2.45, 2.75) is 77.2 Å². The molecule has 30 heavy (non-hydrogen) atoms. The highest BCUT2D eigenvalue weighted by Crippen LogP contribution is 2.71. The van der Waals surface area contributed by atoms with E-state index in [-0.39, 0.29) is 23.9 Å². The first-order valence-corrected chi connectivity index (χ1v) is 11.2. The molecule has 2 heterocycles. The first-order chi connectivity index (χ1) is 14.1. The number of benzene rings is 1. The molecule has 0 radical (unpaired) electrons. The highest BCUT2D eigenvalue weighted by Gasteiger charge is 2.74. The van der Waals surface area contributed by atoms with Crippen molar-refractivity contribution in [1.82, 2.24) is 0 Å². The van der Waals surface area contributed by atoms with Crippen LogP contribution in [0, 0.1) is 23.2 Å². The number of rotatable bonds is 2. The normalized spacial score (nSPS) is 45.5. The van der Waals surface area contributed by atoms with Crippen LogP contribution in [-0.2, 0) is 21.7 Å². The Morgan fingerprint density at radius 1 is 1.13 bits per heavy atom. The molecule has 2 bridgehead atoms. The summed E-state index contributed by atoms with van der Waals surface area (Å²) in [5.41, 5.74) is 1.54. The molecule has 0 unspecified atom stereocenters. The number of ether oxygens (including phenoxy) is 3. The smallest absolute Gasteiger partial charge is 0.199 e. The van der Waals surface area contributed by atoms with E-state index >= 15 is 0 Å². The third-order valence-electron chi connectivity index (χ3n) is 9.15. The van der Waals surface area contributed by atoms with Crippen molar-refractivity contribution in [3.05, 3.63) is 34.9 Å². The fraction of sp³-hybridized carbons (Fsp3) is 0.680. The van der Waals surface area contributed by atoms with Gasteiger partial charge in [-0.3, -0.25) is 0 Å². The number of fused-ring (bicyclic) bond motifs is 1. The molecular weight excluding hydrogens is 380 g/mol. The van der Waals surface area contributed by atoms with Crippen LogP contribution in [0.3, 0.4) is 0 Å². The van der Waals surface area contributed by atoms with Gasteiger partial charge < -0.3 is 24.4 Å². The van der Waals surface area contributed by atoms with Gasteiger partial charge in [0.2, 0.25) is 0 Å². The van der Waals surface area contributed by atoms with Gasteiger partial charge in [-0.15, -0.1) is 0 Å². The molecule has 7 atom stereocenters. The predicted molar refractivity (Wildman–Crippen MR) is 114 cm³/mol. The Kier molecular flexibility index (Phi) is 4.17. The van der Waals surface area contributed by atoms with Crippen LogP contribution >= 0.6 is 0 Å². The number of hydrogen-bond donors (Lipinski definition) is 2. The van der Waals surface area contributed by atoms with Crippen LogP contribution in [0.25, 0.3) is 6.08 Å². The SMILES string of the molecule is COc1ccc2c(c1CO)C=C[C@]1(C)[C@@H]3CC[C@]21O[C@@]1(OC(C)(C)[C@@H](C)[C@H]1O)[C@H]3C. The Hall–Kier alpha value is -1.40. The molecule has 2 aliphatic heterocycles. The van der Waals surface area contributed by atoms with Gasteiger partial charge in [0.1, 0.15) is 17.5 Å². The highest BCUT2D eigenvalue weighted by molar-refractivity contribution is 5.68. The molecule has 1 aromatic rings. The minimum atomic E-state index is -1.04. The van der Waals surface area contributed by atoms with Crippen LogP contribution in [0.4, 0.5) is 0 Å². The fourth-order valence-electron chi connectivity index (χ4n) is 7.08. The van der Waals surface area contributed by atoms with Crippen molar-refractivity contribution in [2.24, 2.45) is 23.2 Å². The van der Waals surface area contributed by atoms with Gasteiger partial charge in [0.25, 0.3) is 0 Å². The molecule has 5 nitrogen and oxygen atoms in total. The van der Waals surface area contributed by atoms with Gasteiger partial charge in [0.15, 0.2) is 5.79 Å². The van der Waals surface area contributed by atoms with Crippen molar-refractivity contribution >= 4 is 6.08 Å². The Balaban J connectivity index is 1.73. The second-order valence-corrected chi connectivity index (χ2v) is 10.5. The van der Waals surface area contributed by atoms with Gasteiger partial charge in [-0.1, -0.05) is 39.0 Å². The Labute approximate surface area is 179 Å². The van der Waals surface area contributed by atoms with Gasteiger partial charge in [-0.25, -0.2) is 0 Å². The average Bonchev–Trinajstić information content (AvgIpc) is 3.04. The minimum Gasteiger partial charge on any atom is -0.496 e. The lowest BCUT2D eigenvalue weighted by molar-refractivity contribution is -0.382. The van der Waals surface area contributed by atoms with E-state index in [9.17, 15) is 10.2 Å². The highest BCUT2D eigenvalue weighted by atomic mass is 16.7. The summed E-state index contributed by atoms with van der Waals surface area (Å²) in [4.78, 5) is 0. The molecule has 5 rings (SSSR count). The number of hydrogen-bond acceptors (Lipinski definition) is 5. The van der Waals surface area contributed by atoms with Crippen molar-refractivity contribution in [2.75, 3.05) is 7.11 Å². The van der Waals surface area contributed by atoms with E-state index in [0.717, 1.165) is 29.5 Å². The van der Waals surface area contributed by atoms with Crippen LogP contribution in [0.15, 0.2) is 18.2 Å². The zero-order valence-electron chi connectivity index (χ0n) is 18.9. The maximum absolute atomic E-state index is 11.4. The summed E-state index contributed by atoms with van der Waals surface area (Å²) in [6, 6.07) is 4.01. The lowest BCUT2D eigenvalue weighted by Gasteiger charge is -2.59. The second kappa shape index (κ2) is 6.10. The largest absolute Gasteiger partial charge is 0.496 e. The van der Waals surface area contributed by atoms with Crippen LogP contribution in [0.1, 0.15) is 64.2 Å². The molecule has 4 aliphatic rings. The fourth-order valence-corrected chi connectivity index (χ4v) is 7.08. The molecule has 164 valence electrons. The summed E-state index contributed by atoms with van der Waals surface area (Å²) in [6.45, 7) is 10.5. The standard InChI is InChI=1S/C25H34O5/c1-14-18-10-12-24(30-25(14)21(27)15(2)22(3,4)29-25)19-7-8-20(28-6)17(13-26)16(19)9-11-23(18,24)5/h7-9,11,14-15,18,21,26-27H,10,12-13H2,1-6H3/t14-,15-,18+,21+,23+,24-,25-/m0/s1. The summed E-state index contributed by atoms with van der Waals surface area (Å²) >= 11 is 0. The minimum absolute atomic E-state index is 0.0393. The zero-order chi connectivity index (χ0) is 21.7. The number of methoxy groups -OCH3 is 1. The van der Waals surface area contributed by atoms with E-state index in [0.29, 0.717) is 11.7 Å². The summed E-state index contributed by atoms with van der Waals surface area (Å²) in [5.74, 6) is -0.0141. The van der Waals surface area contributed by atoms with Crippen molar-refractivity contribution in [3.8, 4) is 5.75 Å². The van der Waals surface area contributed by atoms with E-state index in [1.807, 2.05) is 26.8 Å². The van der Waals surface area contributed by atoms with Gasteiger partial charge in [-0.2, -0.15) is 0 Å². The van der Waals surface area contributed by atoms with Crippen LogP contribution in [0.5, 0.6) is 5.75 Å². The van der Waals surface area contributed by atoms with Crippen LogP contribution < -0.4 is 4.74 Å². The Morgan fingerprint density at radius 3 is 2.47 bits per heavy atom. The maximum atomic E-state index is 11.4. The van der Waals surface area contributed by atoms with Crippen molar-refractivity contribution in [1.29, 1.82) is 0 Å². The average molecular weight is 415 g/mol. The molecular formula is C25H34O5. The molecule has 2 N–H and O–H groups in total. The lowest BCUT2D eigenvalue weighted by atomic mass is 9.57. The second-order valence-electron chi connectivity index (χ2n) is 10.5. The van der Waals surface area contributed by atoms with E-state index in [2.05, 4.69) is 32.1 Å². The van der Waals surface area contributed by atoms with Gasteiger partial charge >= 0.3 is 0 Å². The maximum Gasteiger partial charge on any atom is 0.199 e. The van der Waals surface area contributed by atoms with E-state index in [1.165, 1.54) is 0 Å². The summed E-state index contributed by atoms with van der Waals surface area (Å²) in [7, 11) is 1.63. The Bertz CT molecular complexity index is 922. The monoisotopic (exact) mass is 414 g/mol. The van der Waals surface area contributed by atoms with E-state index in [1.54, 1.807) is 7.11 Å². The van der Waals surface area contributed by atoms with Crippen LogP contribution in [-0.4, -0.2) is 34.8 Å². The lowest BCUT2D eigenvalue weighted by Crippen LogP contribution is -2.64. The molecule has 1 aromatic carbocycles. The summed E-state index contributed by atoms with van der Waals surface area (Å²) in [5, 5.41) is 21.5. The molecule has 1 spiro atoms. The molecule has 1 saturated carbocycles. The first kappa shape index (κ1) is 20.5. The van der Waals surface area contributed by atoms with E-state index < -0.39 is 23.1 Å². The molecule has 2 saturated heterocycles. The quantitative estimate of drug-likeness (QED) is 0.766. The molecule has 0 amide bonds.